The molecule has 28 heavy (non-hydrogen) atoms. The van der Waals surface area contributed by atoms with E-state index in [1.54, 1.807) is 0 Å². The van der Waals surface area contributed by atoms with E-state index in [0.29, 0.717) is 0 Å². The van der Waals surface area contributed by atoms with Gasteiger partial charge in [-0.15, -0.1) is 24.0 Å². The Morgan fingerprint density at radius 2 is 1.79 bits per heavy atom. The molecule has 1 heterocycles. The van der Waals surface area contributed by atoms with E-state index >= 15 is 0 Å². The van der Waals surface area contributed by atoms with Gasteiger partial charge >= 0.3 is 0 Å². The van der Waals surface area contributed by atoms with Crippen molar-refractivity contribution in [2.75, 3.05) is 13.1 Å². The van der Waals surface area contributed by atoms with Gasteiger partial charge in [-0.1, -0.05) is 29.3 Å². The summed E-state index contributed by atoms with van der Waals surface area (Å²) in [5.41, 5.74) is 7.65. The Labute approximate surface area is 187 Å². The second kappa shape index (κ2) is 11.4. The fourth-order valence-electron chi connectivity index (χ4n) is 3.53. The van der Waals surface area contributed by atoms with Crippen molar-refractivity contribution in [1.29, 1.82) is 0 Å². The molecule has 156 valence electrons. The van der Waals surface area contributed by atoms with Crippen molar-refractivity contribution in [3.63, 3.8) is 0 Å². The first-order valence-electron chi connectivity index (χ1n) is 9.91. The number of nitrogens with one attached hydrogen (secondary N) is 2. The second-order valence-electron chi connectivity index (χ2n) is 7.53. The van der Waals surface area contributed by atoms with E-state index in [0.717, 1.165) is 37.6 Å². The first-order chi connectivity index (χ1) is 12.8. The number of hydrogen-bond acceptors (Lipinski definition) is 2. The van der Waals surface area contributed by atoms with Gasteiger partial charge in [-0.3, -0.25) is 9.67 Å². The van der Waals surface area contributed by atoms with E-state index in [-0.39, 0.29) is 30.0 Å². The Kier molecular flexibility index (Phi) is 9.99. The monoisotopic (exact) mass is 497 g/mol. The maximum absolute atomic E-state index is 4.77. The average molecular weight is 497 g/mol. The number of nitrogens with zero attached hydrogens (tertiary/aromatic N) is 3. The van der Waals surface area contributed by atoms with Crippen LogP contribution in [0.4, 0.5) is 0 Å². The third kappa shape index (κ3) is 7.11. The van der Waals surface area contributed by atoms with Crippen LogP contribution in [0, 0.1) is 27.7 Å². The van der Waals surface area contributed by atoms with Crippen molar-refractivity contribution in [3.05, 3.63) is 51.8 Å². The Balaban J connectivity index is 0.00000392. The molecule has 0 aliphatic carbocycles. The van der Waals surface area contributed by atoms with Gasteiger partial charge in [0.05, 0.1) is 5.69 Å². The second-order valence-corrected chi connectivity index (χ2v) is 7.53. The summed E-state index contributed by atoms with van der Waals surface area (Å²) in [5, 5.41) is 11.4. The summed E-state index contributed by atoms with van der Waals surface area (Å²) >= 11 is 0. The third-order valence-corrected chi connectivity index (χ3v) is 4.85. The molecule has 0 aliphatic rings. The van der Waals surface area contributed by atoms with Crippen LogP contribution in [0.15, 0.2) is 23.2 Å². The highest BCUT2D eigenvalue weighted by Crippen LogP contribution is 2.14. The van der Waals surface area contributed by atoms with Gasteiger partial charge in [-0.05, 0) is 65.5 Å². The smallest absolute Gasteiger partial charge is 0.191 e. The van der Waals surface area contributed by atoms with E-state index in [2.05, 4.69) is 75.5 Å². The van der Waals surface area contributed by atoms with Crippen molar-refractivity contribution < 1.29 is 0 Å². The summed E-state index contributed by atoms with van der Waals surface area (Å²) in [5.74, 6) is 0.883. The van der Waals surface area contributed by atoms with Crippen LogP contribution < -0.4 is 10.6 Å². The lowest BCUT2D eigenvalue weighted by atomic mass is 10.1. The van der Waals surface area contributed by atoms with Crippen molar-refractivity contribution in [3.8, 4) is 0 Å². The Bertz CT molecular complexity index is 774. The largest absolute Gasteiger partial charge is 0.357 e. The van der Waals surface area contributed by atoms with Gasteiger partial charge in [-0.2, -0.15) is 5.10 Å². The number of hydrogen-bond donors (Lipinski definition) is 2. The van der Waals surface area contributed by atoms with E-state index in [1.807, 2.05) is 11.7 Å². The van der Waals surface area contributed by atoms with Crippen LogP contribution >= 0.6 is 24.0 Å². The molecule has 0 radical (unpaired) electrons. The molecule has 0 amide bonds. The van der Waals surface area contributed by atoms with Crippen LogP contribution in [-0.2, 0) is 19.9 Å². The Hall–Kier alpha value is -1.57. The number of aromatic nitrogens is 2. The summed E-state index contributed by atoms with van der Waals surface area (Å²) in [6, 6.07) is 6.99. The quantitative estimate of drug-likeness (QED) is 0.346. The highest BCUT2D eigenvalue weighted by atomic mass is 127. The zero-order valence-electron chi connectivity index (χ0n) is 18.4. The van der Waals surface area contributed by atoms with Crippen LogP contribution in [0.2, 0.25) is 0 Å². The molecule has 6 heteroatoms. The summed E-state index contributed by atoms with van der Waals surface area (Å²) in [6.45, 7) is 14.4. The fraction of sp³-hybridized carbons (Fsp3) is 0.545. The maximum Gasteiger partial charge on any atom is 0.191 e. The van der Waals surface area contributed by atoms with Crippen molar-refractivity contribution >= 4 is 29.9 Å². The lowest BCUT2D eigenvalue weighted by Crippen LogP contribution is -2.43. The molecule has 0 saturated heterocycles. The van der Waals surface area contributed by atoms with Gasteiger partial charge in [0.2, 0.25) is 0 Å². The summed E-state index contributed by atoms with van der Waals surface area (Å²) in [4.78, 5) is 4.77. The van der Waals surface area contributed by atoms with Crippen molar-refractivity contribution in [2.24, 2.45) is 12.0 Å². The molecular formula is C22H36IN5. The highest BCUT2D eigenvalue weighted by molar-refractivity contribution is 14.0. The normalized spacial score (nSPS) is 12.5. The predicted molar refractivity (Wildman–Crippen MR) is 130 cm³/mol. The third-order valence-electron chi connectivity index (χ3n) is 4.85. The van der Waals surface area contributed by atoms with Crippen LogP contribution in [0.1, 0.15) is 47.5 Å². The predicted octanol–water partition coefficient (Wildman–Crippen LogP) is 4.00. The zero-order chi connectivity index (χ0) is 20.0. The number of aryl methyl sites for hydroxylation is 4. The molecule has 1 unspecified atom stereocenters. The average Bonchev–Trinajstić information content (AvgIpc) is 2.80. The standard InChI is InChI=1S/C22H35N5.HI/c1-8-23-22(24-10-9-20-12-15(2)11-16(3)13-20)25-17(4)14-21-18(5)26-27(7)19(21)6;/h11-13,17H,8-10,14H2,1-7H3,(H2,23,24,25);1H. The topological polar surface area (TPSA) is 54.2 Å². The molecule has 5 nitrogen and oxygen atoms in total. The SMILES string of the molecule is CCNC(=NCCc1cc(C)cc(C)c1)NC(C)Cc1c(C)nn(C)c1C.I. The Morgan fingerprint density at radius 1 is 1.14 bits per heavy atom. The lowest BCUT2D eigenvalue weighted by molar-refractivity contribution is 0.635. The molecule has 2 aromatic rings. The molecule has 0 saturated carbocycles. The fourth-order valence-corrected chi connectivity index (χ4v) is 3.53. The number of benzene rings is 1. The molecule has 1 atom stereocenters. The molecule has 2 N–H and O–H groups in total. The minimum Gasteiger partial charge on any atom is -0.357 e. The summed E-state index contributed by atoms with van der Waals surface area (Å²) in [7, 11) is 2.00. The van der Waals surface area contributed by atoms with Crippen LogP contribution in [0.5, 0.6) is 0 Å². The molecule has 0 spiro atoms. The number of rotatable bonds is 7. The minimum absolute atomic E-state index is 0. The first kappa shape index (κ1) is 24.5. The van der Waals surface area contributed by atoms with Gasteiger partial charge in [0, 0.05) is 31.9 Å². The van der Waals surface area contributed by atoms with E-state index < -0.39 is 0 Å². The maximum atomic E-state index is 4.77. The Morgan fingerprint density at radius 3 is 2.32 bits per heavy atom. The summed E-state index contributed by atoms with van der Waals surface area (Å²) < 4.78 is 1.96. The van der Waals surface area contributed by atoms with E-state index in [1.165, 1.54) is 27.9 Å². The molecule has 0 bridgehead atoms. The van der Waals surface area contributed by atoms with Crippen LogP contribution in [0.3, 0.4) is 0 Å². The molecular weight excluding hydrogens is 461 g/mol. The number of aliphatic imine (C=N–C) groups is 1. The highest BCUT2D eigenvalue weighted by Gasteiger charge is 2.14. The molecule has 0 fully saturated rings. The van der Waals surface area contributed by atoms with Gasteiger partial charge in [-0.25, -0.2) is 0 Å². The van der Waals surface area contributed by atoms with Gasteiger partial charge in [0.15, 0.2) is 5.96 Å². The van der Waals surface area contributed by atoms with Gasteiger partial charge < -0.3 is 10.6 Å². The zero-order valence-corrected chi connectivity index (χ0v) is 20.7. The number of guanidine groups is 1. The molecule has 1 aromatic heterocycles. The van der Waals surface area contributed by atoms with Gasteiger partial charge in [0.25, 0.3) is 0 Å². The van der Waals surface area contributed by atoms with Crippen molar-refractivity contribution in [2.45, 2.75) is 60.4 Å². The van der Waals surface area contributed by atoms with Gasteiger partial charge in [0.1, 0.15) is 0 Å². The lowest BCUT2D eigenvalue weighted by Gasteiger charge is -2.18. The summed E-state index contributed by atoms with van der Waals surface area (Å²) in [6.07, 6.45) is 1.89. The van der Waals surface area contributed by atoms with E-state index in [9.17, 15) is 0 Å². The first-order valence-corrected chi connectivity index (χ1v) is 9.91. The minimum atomic E-state index is 0. The molecule has 0 aliphatic heterocycles. The number of halogens is 1. The van der Waals surface area contributed by atoms with Crippen LogP contribution in [0.25, 0.3) is 0 Å². The van der Waals surface area contributed by atoms with E-state index in [4.69, 9.17) is 4.99 Å². The molecule has 2 rings (SSSR count). The van der Waals surface area contributed by atoms with Crippen molar-refractivity contribution in [1.82, 2.24) is 20.4 Å². The van der Waals surface area contributed by atoms with Crippen LogP contribution in [-0.4, -0.2) is 34.9 Å². The molecule has 1 aromatic carbocycles.